The van der Waals surface area contributed by atoms with E-state index in [4.69, 9.17) is 0 Å². The number of nitrogens with zero attached hydrogens (tertiary/aromatic N) is 1. The molecular formula is C14H10F3N3O6S. The highest BCUT2D eigenvalue weighted by Gasteiger charge is 2.31. The Morgan fingerprint density at radius 2 is 1.74 bits per heavy atom. The predicted octanol–water partition coefficient (Wildman–Crippen LogP) is 2.12. The number of rotatable bonds is 6. The molecule has 0 aliphatic carbocycles. The van der Waals surface area contributed by atoms with Crippen molar-refractivity contribution in [2.24, 2.45) is 0 Å². The van der Waals surface area contributed by atoms with Gasteiger partial charge < -0.3 is 4.74 Å². The molecule has 2 N–H and O–H groups in total. The van der Waals surface area contributed by atoms with Crippen molar-refractivity contribution in [3.8, 4) is 5.75 Å². The van der Waals surface area contributed by atoms with Gasteiger partial charge in [0.25, 0.3) is 21.6 Å². The first kappa shape index (κ1) is 20.1. The Labute approximate surface area is 149 Å². The summed E-state index contributed by atoms with van der Waals surface area (Å²) in [6.07, 6.45) is -4.93. The maximum absolute atomic E-state index is 12.1. The molecule has 1 amide bonds. The normalized spacial score (nSPS) is 11.7. The minimum atomic E-state index is -4.93. The number of nitro benzene ring substituents is 1. The van der Waals surface area contributed by atoms with Gasteiger partial charge in [-0.3, -0.25) is 20.3 Å². The summed E-state index contributed by atoms with van der Waals surface area (Å²) in [6.45, 7) is 0. The molecule has 2 rings (SSSR count). The number of nitro groups is 1. The first-order valence-electron chi connectivity index (χ1n) is 6.90. The van der Waals surface area contributed by atoms with Crippen LogP contribution in [-0.2, 0) is 10.0 Å². The lowest BCUT2D eigenvalue weighted by Crippen LogP contribution is -2.41. The molecule has 0 saturated carbocycles. The maximum atomic E-state index is 12.1. The molecule has 0 aromatic heterocycles. The summed E-state index contributed by atoms with van der Waals surface area (Å²) in [6, 6.07) is 7.78. The van der Waals surface area contributed by atoms with Crippen LogP contribution < -0.4 is 15.0 Å². The second-order valence-corrected chi connectivity index (χ2v) is 6.57. The number of amides is 1. The monoisotopic (exact) mass is 405 g/mol. The predicted molar refractivity (Wildman–Crippen MR) is 84.0 cm³/mol. The molecule has 0 fully saturated rings. The lowest BCUT2D eigenvalue weighted by atomic mass is 10.2. The SMILES string of the molecule is O=C(NNS(=O)(=O)c1ccc(OC(F)(F)F)cc1)c1cccc([N+](=O)[O-])c1. The third-order valence-corrected chi connectivity index (χ3v) is 4.25. The largest absolute Gasteiger partial charge is 0.573 e. The zero-order valence-corrected chi connectivity index (χ0v) is 13.9. The maximum Gasteiger partial charge on any atom is 0.573 e. The van der Waals surface area contributed by atoms with E-state index in [2.05, 4.69) is 4.74 Å². The lowest BCUT2D eigenvalue weighted by Gasteiger charge is -2.11. The molecule has 0 saturated heterocycles. The molecule has 0 aliphatic heterocycles. The van der Waals surface area contributed by atoms with E-state index in [0.29, 0.717) is 0 Å². The van der Waals surface area contributed by atoms with Crippen LogP contribution in [0.5, 0.6) is 5.75 Å². The molecule has 27 heavy (non-hydrogen) atoms. The zero-order chi connectivity index (χ0) is 20.2. The average Bonchev–Trinajstić information content (AvgIpc) is 2.59. The van der Waals surface area contributed by atoms with Crippen molar-refractivity contribution in [1.82, 2.24) is 10.3 Å². The highest BCUT2D eigenvalue weighted by Crippen LogP contribution is 2.23. The van der Waals surface area contributed by atoms with Gasteiger partial charge in [0, 0.05) is 17.7 Å². The molecule has 0 spiro atoms. The smallest absolute Gasteiger partial charge is 0.406 e. The Balaban J connectivity index is 2.07. The number of hydrazine groups is 1. The fourth-order valence-electron chi connectivity index (χ4n) is 1.83. The third-order valence-electron chi connectivity index (χ3n) is 2.99. The van der Waals surface area contributed by atoms with Crippen LogP contribution in [0.2, 0.25) is 0 Å². The highest BCUT2D eigenvalue weighted by molar-refractivity contribution is 7.89. The molecule has 0 bridgehead atoms. The van der Waals surface area contributed by atoms with Gasteiger partial charge in [-0.15, -0.1) is 18.0 Å². The Morgan fingerprint density at radius 3 is 2.30 bits per heavy atom. The summed E-state index contributed by atoms with van der Waals surface area (Å²) in [7, 11) is -4.30. The molecule has 0 unspecified atom stereocenters. The molecule has 0 atom stereocenters. The van der Waals surface area contributed by atoms with Gasteiger partial charge in [-0.05, 0) is 30.3 Å². The number of hydrogen-bond donors (Lipinski definition) is 2. The van der Waals surface area contributed by atoms with Crippen LogP contribution in [0.15, 0.2) is 53.4 Å². The average molecular weight is 405 g/mol. The van der Waals surface area contributed by atoms with Crippen LogP contribution in [0, 0.1) is 10.1 Å². The highest BCUT2D eigenvalue weighted by atomic mass is 32.2. The molecule has 2 aromatic rings. The summed E-state index contributed by atoms with van der Waals surface area (Å²) in [4.78, 5) is 23.1. The van der Waals surface area contributed by atoms with Crippen LogP contribution in [0.1, 0.15) is 10.4 Å². The number of alkyl halides is 3. The quantitative estimate of drug-likeness (QED) is 0.560. The Bertz CT molecular complexity index is 961. The van der Waals surface area contributed by atoms with E-state index >= 15 is 0 Å². The van der Waals surface area contributed by atoms with E-state index < -0.39 is 37.9 Å². The van der Waals surface area contributed by atoms with Gasteiger partial charge in [0.2, 0.25) is 0 Å². The number of non-ortho nitro benzene ring substituents is 1. The first-order valence-corrected chi connectivity index (χ1v) is 8.39. The van der Waals surface area contributed by atoms with Crippen LogP contribution >= 0.6 is 0 Å². The van der Waals surface area contributed by atoms with E-state index in [0.717, 1.165) is 36.4 Å². The van der Waals surface area contributed by atoms with Crippen molar-refractivity contribution in [3.05, 3.63) is 64.2 Å². The van der Waals surface area contributed by atoms with Gasteiger partial charge >= 0.3 is 6.36 Å². The lowest BCUT2D eigenvalue weighted by molar-refractivity contribution is -0.384. The topological polar surface area (TPSA) is 128 Å². The van der Waals surface area contributed by atoms with E-state index in [-0.39, 0.29) is 11.3 Å². The van der Waals surface area contributed by atoms with Crippen molar-refractivity contribution in [2.45, 2.75) is 11.3 Å². The molecule has 0 aliphatic rings. The second-order valence-electron chi connectivity index (χ2n) is 4.89. The third kappa shape index (κ3) is 5.65. The van der Waals surface area contributed by atoms with Crippen molar-refractivity contribution in [3.63, 3.8) is 0 Å². The van der Waals surface area contributed by atoms with Crippen molar-refractivity contribution in [1.29, 1.82) is 0 Å². The summed E-state index contributed by atoms with van der Waals surface area (Å²) in [5, 5.41) is 10.7. The van der Waals surface area contributed by atoms with E-state index in [1.807, 2.05) is 5.43 Å². The van der Waals surface area contributed by atoms with Gasteiger partial charge in [0.05, 0.1) is 9.82 Å². The standard InChI is InChI=1S/C14H10F3N3O6S/c15-14(16,17)26-11-4-6-12(7-5-11)27(24,25)19-18-13(21)9-2-1-3-10(8-9)20(22)23/h1-8,19H,(H,18,21). The Morgan fingerprint density at radius 1 is 1.11 bits per heavy atom. The van der Waals surface area contributed by atoms with Gasteiger partial charge in [-0.25, -0.2) is 8.42 Å². The van der Waals surface area contributed by atoms with Crippen molar-refractivity contribution < 1.29 is 36.0 Å². The summed E-state index contributed by atoms with van der Waals surface area (Å²) >= 11 is 0. The second kappa shape index (κ2) is 7.59. The van der Waals surface area contributed by atoms with E-state index in [1.54, 1.807) is 4.83 Å². The molecule has 13 heteroatoms. The van der Waals surface area contributed by atoms with Gasteiger partial charge in [0.15, 0.2) is 0 Å². The minimum Gasteiger partial charge on any atom is -0.406 e. The number of sulfonamides is 1. The molecule has 9 nitrogen and oxygen atoms in total. The zero-order valence-electron chi connectivity index (χ0n) is 13.1. The number of benzene rings is 2. The number of ether oxygens (including phenoxy) is 1. The van der Waals surface area contributed by atoms with Crippen LogP contribution in [0.3, 0.4) is 0 Å². The van der Waals surface area contributed by atoms with Crippen molar-refractivity contribution in [2.75, 3.05) is 0 Å². The fraction of sp³-hybridized carbons (Fsp3) is 0.0714. The number of hydrogen-bond acceptors (Lipinski definition) is 6. The number of nitrogens with one attached hydrogen (secondary N) is 2. The van der Waals surface area contributed by atoms with Crippen LogP contribution in [0.4, 0.5) is 18.9 Å². The number of carbonyl (C=O) groups is 1. The Hall–Kier alpha value is -3.19. The van der Waals surface area contributed by atoms with Crippen LogP contribution in [-0.4, -0.2) is 25.6 Å². The van der Waals surface area contributed by atoms with Gasteiger partial charge in [-0.2, -0.15) is 0 Å². The summed E-state index contributed by atoms with van der Waals surface area (Å²) < 4.78 is 63.9. The summed E-state index contributed by atoms with van der Waals surface area (Å²) in [5.41, 5.74) is 1.30. The molecule has 144 valence electrons. The molecule has 0 radical (unpaired) electrons. The summed E-state index contributed by atoms with van der Waals surface area (Å²) in [5.74, 6) is -1.60. The fourth-order valence-corrected chi connectivity index (χ4v) is 2.67. The Kier molecular flexibility index (Phi) is 5.66. The molecular weight excluding hydrogens is 395 g/mol. The number of carbonyl (C=O) groups excluding carboxylic acids is 1. The van der Waals surface area contributed by atoms with Gasteiger partial charge in [-0.1, -0.05) is 6.07 Å². The van der Waals surface area contributed by atoms with E-state index in [1.165, 1.54) is 12.1 Å². The van der Waals surface area contributed by atoms with E-state index in [9.17, 15) is 36.5 Å². The number of halogens is 3. The van der Waals surface area contributed by atoms with Crippen LogP contribution in [0.25, 0.3) is 0 Å². The molecule has 0 heterocycles. The molecule has 2 aromatic carbocycles. The van der Waals surface area contributed by atoms with Crippen molar-refractivity contribution >= 4 is 21.6 Å². The minimum absolute atomic E-state index is 0.180. The first-order chi connectivity index (χ1) is 12.5. The van der Waals surface area contributed by atoms with Gasteiger partial charge in [0.1, 0.15) is 5.75 Å².